The fourth-order valence-electron chi connectivity index (χ4n) is 1.17. The minimum atomic E-state index is -0.444. The highest BCUT2D eigenvalue weighted by atomic mass is 32.2. The number of nitrogens with one attached hydrogen (secondary N) is 1. The molecule has 5 nitrogen and oxygen atoms in total. The molecule has 0 aromatic carbocycles. The summed E-state index contributed by atoms with van der Waals surface area (Å²) >= 11 is 1.28. The molecule has 17 heavy (non-hydrogen) atoms. The number of rotatable bonds is 5. The number of aromatic nitrogens is 2. The van der Waals surface area contributed by atoms with Gasteiger partial charge in [0, 0.05) is 18.2 Å². The number of aromatic amines is 1. The van der Waals surface area contributed by atoms with Gasteiger partial charge in [-0.25, -0.2) is 4.79 Å². The van der Waals surface area contributed by atoms with Gasteiger partial charge in [0.1, 0.15) is 0 Å². The topological polar surface area (TPSA) is 72.1 Å². The lowest BCUT2D eigenvalue weighted by molar-refractivity contribution is -0.109. The van der Waals surface area contributed by atoms with Crippen LogP contribution in [-0.2, 0) is 9.53 Å². The summed E-state index contributed by atoms with van der Waals surface area (Å²) in [6, 6.07) is 0. The highest BCUT2D eigenvalue weighted by Crippen LogP contribution is 2.10. The van der Waals surface area contributed by atoms with Crippen molar-refractivity contribution in [2.75, 3.05) is 12.9 Å². The van der Waals surface area contributed by atoms with Crippen LogP contribution in [0.15, 0.2) is 12.3 Å². The third-order valence-corrected chi connectivity index (χ3v) is 2.79. The predicted octanol–water partition coefficient (Wildman–Crippen LogP) is 1.88. The van der Waals surface area contributed by atoms with Crippen molar-refractivity contribution in [1.29, 1.82) is 0 Å². The average molecular weight is 254 g/mol. The molecule has 0 atom stereocenters. The van der Waals surface area contributed by atoms with Gasteiger partial charge in [-0.05, 0) is 6.42 Å². The quantitative estimate of drug-likeness (QED) is 0.641. The fraction of sp³-hybridized carbons (Fsp3) is 0.364. The summed E-state index contributed by atoms with van der Waals surface area (Å²) in [5.41, 5.74) is 1.02. The molecule has 0 radical (unpaired) electrons. The van der Waals surface area contributed by atoms with E-state index in [0.717, 1.165) is 12.2 Å². The van der Waals surface area contributed by atoms with Crippen LogP contribution in [0.2, 0.25) is 0 Å². The third-order valence-electron chi connectivity index (χ3n) is 1.95. The molecular weight excluding hydrogens is 240 g/mol. The van der Waals surface area contributed by atoms with Crippen LogP contribution in [0.5, 0.6) is 0 Å². The highest BCUT2D eigenvalue weighted by Gasteiger charge is 2.11. The Kier molecular flexibility index (Phi) is 5.48. The Balaban J connectivity index is 2.51. The summed E-state index contributed by atoms with van der Waals surface area (Å²) in [4.78, 5) is 22.0. The van der Waals surface area contributed by atoms with Crippen LogP contribution in [0, 0.1) is 0 Å². The fourth-order valence-corrected chi connectivity index (χ4v) is 1.71. The van der Waals surface area contributed by atoms with Crippen LogP contribution >= 0.6 is 11.8 Å². The molecular formula is C11H14N2O3S. The van der Waals surface area contributed by atoms with Crippen molar-refractivity contribution in [2.45, 2.75) is 13.3 Å². The largest absolute Gasteiger partial charge is 0.464 e. The Morgan fingerprint density at radius 3 is 3.00 bits per heavy atom. The number of H-pyrrole nitrogens is 1. The van der Waals surface area contributed by atoms with Crippen LogP contribution in [0.4, 0.5) is 0 Å². The summed E-state index contributed by atoms with van der Waals surface area (Å²) in [5, 5.41) is 6.47. The van der Waals surface area contributed by atoms with E-state index >= 15 is 0 Å². The van der Waals surface area contributed by atoms with Gasteiger partial charge in [-0.3, -0.25) is 9.89 Å². The highest BCUT2D eigenvalue weighted by molar-refractivity contribution is 8.13. The minimum Gasteiger partial charge on any atom is -0.464 e. The van der Waals surface area contributed by atoms with E-state index in [0.29, 0.717) is 11.3 Å². The van der Waals surface area contributed by atoms with Crippen LogP contribution < -0.4 is 0 Å². The second-order valence-electron chi connectivity index (χ2n) is 3.22. The molecule has 0 aliphatic rings. The van der Waals surface area contributed by atoms with E-state index < -0.39 is 5.97 Å². The number of hydrogen-bond donors (Lipinski definition) is 1. The van der Waals surface area contributed by atoms with E-state index in [4.69, 9.17) is 0 Å². The first-order valence-corrected chi connectivity index (χ1v) is 6.05. The smallest absolute Gasteiger partial charge is 0.356 e. The Morgan fingerprint density at radius 1 is 1.59 bits per heavy atom. The number of hydrogen-bond acceptors (Lipinski definition) is 5. The van der Waals surface area contributed by atoms with Crippen molar-refractivity contribution in [3.05, 3.63) is 23.5 Å². The Labute approximate surface area is 104 Å². The number of methoxy groups -OCH3 is 1. The lowest BCUT2D eigenvalue weighted by Crippen LogP contribution is -2.03. The molecule has 0 saturated heterocycles. The maximum atomic E-state index is 11.3. The van der Waals surface area contributed by atoms with Gasteiger partial charge in [-0.2, -0.15) is 5.10 Å². The molecule has 1 rings (SSSR count). The van der Waals surface area contributed by atoms with E-state index in [1.807, 2.05) is 6.08 Å². The lowest BCUT2D eigenvalue weighted by Gasteiger charge is -1.96. The number of nitrogens with zero attached hydrogens (tertiary/aromatic N) is 1. The molecule has 1 aromatic heterocycles. The average Bonchev–Trinajstić information content (AvgIpc) is 2.75. The molecule has 1 N–H and O–H groups in total. The number of allylic oxidation sites excluding steroid dienone is 1. The van der Waals surface area contributed by atoms with Gasteiger partial charge >= 0.3 is 5.97 Å². The number of carbonyl (C=O) groups excluding carboxylic acids is 2. The number of thioether (sulfide) groups is 1. The summed E-state index contributed by atoms with van der Waals surface area (Å²) in [5.74, 6) is 0.289. The first-order valence-electron chi connectivity index (χ1n) is 5.06. The molecule has 1 heterocycles. The molecule has 0 bridgehead atoms. The SMILES string of the molecule is COC(=O)c1[nH]ncc1C=CCCSC(C)=O. The van der Waals surface area contributed by atoms with Crippen LogP contribution in [0.25, 0.3) is 6.08 Å². The van der Waals surface area contributed by atoms with E-state index in [2.05, 4.69) is 14.9 Å². The Morgan fingerprint density at radius 2 is 2.35 bits per heavy atom. The number of ether oxygens (including phenoxy) is 1. The van der Waals surface area contributed by atoms with Crippen molar-refractivity contribution < 1.29 is 14.3 Å². The van der Waals surface area contributed by atoms with Gasteiger partial charge in [0.15, 0.2) is 10.8 Å². The van der Waals surface area contributed by atoms with Gasteiger partial charge in [-0.15, -0.1) is 0 Å². The Bertz CT molecular complexity index is 426. The zero-order valence-electron chi connectivity index (χ0n) is 9.73. The minimum absolute atomic E-state index is 0.108. The lowest BCUT2D eigenvalue weighted by atomic mass is 10.2. The first-order chi connectivity index (χ1) is 8.15. The molecule has 0 saturated carbocycles. The molecule has 0 unspecified atom stereocenters. The molecule has 0 spiro atoms. The summed E-state index contributed by atoms with van der Waals surface area (Å²) in [6.07, 6.45) is 6.00. The Hall–Kier alpha value is -1.56. The zero-order valence-corrected chi connectivity index (χ0v) is 10.5. The zero-order chi connectivity index (χ0) is 12.7. The second-order valence-corrected chi connectivity index (χ2v) is 4.49. The molecule has 6 heteroatoms. The molecule has 0 aliphatic heterocycles. The molecule has 0 aliphatic carbocycles. The van der Waals surface area contributed by atoms with Crippen LogP contribution in [0.1, 0.15) is 29.4 Å². The predicted molar refractivity (Wildman–Crippen MR) is 66.7 cm³/mol. The van der Waals surface area contributed by atoms with Crippen molar-refractivity contribution in [3.63, 3.8) is 0 Å². The van der Waals surface area contributed by atoms with Crippen molar-refractivity contribution in [2.24, 2.45) is 0 Å². The maximum absolute atomic E-state index is 11.3. The van der Waals surface area contributed by atoms with Gasteiger partial charge in [0.2, 0.25) is 0 Å². The van der Waals surface area contributed by atoms with Crippen LogP contribution in [-0.4, -0.2) is 34.1 Å². The molecule has 0 amide bonds. The van der Waals surface area contributed by atoms with Crippen molar-refractivity contribution in [3.8, 4) is 0 Å². The molecule has 1 aromatic rings. The summed E-state index contributed by atoms with van der Waals surface area (Å²) < 4.78 is 4.60. The van der Waals surface area contributed by atoms with Crippen LogP contribution in [0.3, 0.4) is 0 Å². The number of esters is 1. The summed E-state index contributed by atoms with van der Waals surface area (Å²) in [6.45, 7) is 1.54. The van der Waals surface area contributed by atoms with Gasteiger partial charge < -0.3 is 4.74 Å². The molecule has 0 fully saturated rings. The molecule has 92 valence electrons. The van der Waals surface area contributed by atoms with Gasteiger partial charge in [0.25, 0.3) is 0 Å². The third kappa shape index (κ3) is 4.44. The monoisotopic (exact) mass is 254 g/mol. The second kappa shape index (κ2) is 6.90. The van der Waals surface area contributed by atoms with Gasteiger partial charge in [0.05, 0.1) is 13.3 Å². The van der Waals surface area contributed by atoms with E-state index in [1.165, 1.54) is 18.9 Å². The first kappa shape index (κ1) is 13.5. The van der Waals surface area contributed by atoms with Crippen molar-refractivity contribution in [1.82, 2.24) is 10.2 Å². The maximum Gasteiger partial charge on any atom is 0.356 e. The van der Waals surface area contributed by atoms with Gasteiger partial charge in [-0.1, -0.05) is 23.9 Å². The van der Waals surface area contributed by atoms with E-state index in [1.54, 1.807) is 19.2 Å². The normalized spacial score (nSPS) is 10.7. The van der Waals surface area contributed by atoms with Crippen molar-refractivity contribution >= 4 is 28.9 Å². The standard InChI is InChI=1S/C11H14N2O3S/c1-8(14)17-6-4-3-5-9-7-12-13-10(9)11(15)16-2/h3,5,7H,4,6H2,1-2H3,(H,12,13). The van der Waals surface area contributed by atoms with E-state index in [9.17, 15) is 9.59 Å². The number of carbonyl (C=O) groups is 2. The van der Waals surface area contributed by atoms with E-state index in [-0.39, 0.29) is 5.12 Å². The summed E-state index contributed by atoms with van der Waals surface area (Å²) in [7, 11) is 1.32.